The first-order valence-corrected chi connectivity index (χ1v) is 6.52. The molecule has 2 N–H and O–H groups in total. The van der Waals surface area contributed by atoms with Gasteiger partial charge in [-0.2, -0.15) is 0 Å². The van der Waals surface area contributed by atoms with Crippen molar-refractivity contribution in [2.24, 2.45) is 0 Å². The van der Waals surface area contributed by atoms with E-state index < -0.39 is 11.9 Å². The number of nitrogens with zero attached hydrogens (tertiary/aromatic N) is 1. The second-order valence-corrected chi connectivity index (χ2v) is 4.79. The molecule has 0 aliphatic rings. The zero-order chi connectivity index (χ0) is 15.7. The molecule has 0 bridgehead atoms. The fourth-order valence-electron chi connectivity index (χ4n) is 2.38. The largest absolute Gasteiger partial charge is 0.478 e. The Morgan fingerprint density at radius 2 is 1.50 bits per heavy atom. The Balaban J connectivity index is 2.30. The van der Waals surface area contributed by atoms with Crippen LogP contribution in [0.5, 0.6) is 0 Å². The number of fused-ring (bicyclic) bond motifs is 1. The Hall–Kier alpha value is -3.21. The summed E-state index contributed by atoms with van der Waals surface area (Å²) in [5, 5.41) is 19.2. The third-order valence-electron chi connectivity index (χ3n) is 3.39. The maximum Gasteiger partial charge on any atom is 0.335 e. The lowest BCUT2D eigenvalue weighted by Gasteiger charge is -2.08. The molecule has 0 saturated carbocycles. The smallest absolute Gasteiger partial charge is 0.335 e. The quantitative estimate of drug-likeness (QED) is 0.773. The van der Waals surface area contributed by atoms with E-state index in [1.807, 2.05) is 24.3 Å². The highest BCUT2D eigenvalue weighted by molar-refractivity contribution is 6.00. The summed E-state index contributed by atoms with van der Waals surface area (Å²) in [6, 6.07) is 13.3. The number of carboxylic acid groups (broad SMARTS) is 2. The van der Waals surface area contributed by atoms with Crippen molar-refractivity contribution >= 4 is 22.8 Å². The van der Waals surface area contributed by atoms with Crippen molar-refractivity contribution in [3.05, 3.63) is 65.9 Å². The monoisotopic (exact) mass is 293 g/mol. The van der Waals surface area contributed by atoms with Gasteiger partial charge in [0, 0.05) is 11.6 Å². The van der Waals surface area contributed by atoms with E-state index in [1.165, 1.54) is 12.1 Å². The van der Waals surface area contributed by atoms with Gasteiger partial charge in [-0.25, -0.2) is 9.59 Å². The van der Waals surface area contributed by atoms with Gasteiger partial charge in [0.2, 0.25) is 0 Å². The SMILES string of the molecule is O=C(O)c1cc(C(=O)O)cc(-c2ccnc3ccccc23)c1. The Bertz CT molecular complexity index is 865. The third-order valence-corrected chi connectivity index (χ3v) is 3.39. The maximum atomic E-state index is 11.2. The Morgan fingerprint density at radius 3 is 2.14 bits per heavy atom. The van der Waals surface area contributed by atoms with Crippen LogP contribution in [0.15, 0.2) is 54.7 Å². The summed E-state index contributed by atoms with van der Waals surface area (Å²) >= 11 is 0. The molecule has 0 fully saturated rings. The van der Waals surface area contributed by atoms with Crippen molar-refractivity contribution < 1.29 is 19.8 Å². The summed E-state index contributed by atoms with van der Waals surface area (Å²) in [6.45, 7) is 0. The number of pyridine rings is 1. The van der Waals surface area contributed by atoms with Crippen LogP contribution in [0.25, 0.3) is 22.0 Å². The van der Waals surface area contributed by atoms with Crippen LogP contribution >= 0.6 is 0 Å². The molecule has 5 nitrogen and oxygen atoms in total. The molecule has 0 saturated heterocycles. The van der Waals surface area contributed by atoms with E-state index in [1.54, 1.807) is 12.3 Å². The molecule has 0 aliphatic heterocycles. The molecule has 0 unspecified atom stereocenters. The normalized spacial score (nSPS) is 10.5. The number of aromatic nitrogens is 1. The van der Waals surface area contributed by atoms with Gasteiger partial charge in [-0.15, -0.1) is 0 Å². The van der Waals surface area contributed by atoms with Gasteiger partial charge in [-0.1, -0.05) is 18.2 Å². The van der Waals surface area contributed by atoms with Crippen LogP contribution in [-0.2, 0) is 0 Å². The summed E-state index contributed by atoms with van der Waals surface area (Å²) in [4.78, 5) is 26.7. The average molecular weight is 293 g/mol. The number of rotatable bonds is 3. The number of para-hydroxylation sites is 1. The molecule has 1 heterocycles. The molecule has 2 aromatic carbocycles. The summed E-state index contributed by atoms with van der Waals surface area (Å²) in [7, 11) is 0. The van der Waals surface area contributed by atoms with Gasteiger partial charge >= 0.3 is 11.9 Å². The first-order chi connectivity index (χ1) is 10.6. The van der Waals surface area contributed by atoms with E-state index in [4.69, 9.17) is 0 Å². The van der Waals surface area contributed by atoms with E-state index in [-0.39, 0.29) is 11.1 Å². The van der Waals surface area contributed by atoms with Gasteiger partial charge in [0.25, 0.3) is 0 Å². The number of aromatic carboxylic acids is 2. The highest BCUT2D eigenvalue weighted by Crippen LogP contribution is 2.29. The number of carboxylic acids is 2. The lowest BCUT2D eigenvalue weighted by molar-refractivity contribution is 0.0696. The predicted molar refractivity (Wildman–Crippen MR) is 81.1 cm³/mol. The zero-order valence-corrected chi connectivity index (χ0v) is 11.4. The molecule has 0 atom stereocenters. The van der Waals surface area contributed by atoms with Gasteiger partial charge in [0.1, 0.15) is 0 Å². The summed E-state index contributed by atoms with van der Waals surface area (Å²) in [6.07, 6.45) is 1.62. The minimum atomic E-state index is -1.16. The number of carbonyl (C=O) groups is 2. The van der Waals surface area contributed by atoms with Crippen LogP contribution in [0.1, 0.15) is 20.7 Å². The number of benzene rings is 2. The number of hydrogen-bond donors (Lipinski definition) is 2. The fourth-order valence-corrected chi connectivity index (χ4v) is 2.38. The molecule has 5 heteroatoms. The Morgan fingerprint density at radius 1 is 0.864 bits per heavy atom. The van der Waals surface area contributed by atoms with Crippen molar-refractivity contribution in [1.29, 1.82) is 0 Å². The first-order valence-electron chi connectivity index (χ1n) is 6.52. The molecule has 3 aromatic rings. The van der Waals surface area contributed by atoms with E-state index in [2.05, 4.69) is 4.98 Å². The molecule has 3 rings (SSSR count). The van der Waals surface area contributed by atoms with Crippen molar-refractivity contribution in [2.45, 2.75) is 0 Å². The standard InChI is InChI=1S/C17H11NO4/c19-16(20)11-7-10(8-12(9-11)17(21)22)13-5-6-18-15-4-2-1-3-14(13)15/h1-9H,(H,19,20)(H,21,22). The molecular weight excluding hydrogens is 282 g/mol. The van der Waals surface area contributed by atoms with Crippen molar-refractivity contribution in [2.75, 3.05) is 0 Å². The lowest BCUT2D eigenvalue weighted by Crippen LogP contribution is -2.03. The van der Waals surface area contributed by atoms with Gasteiger partial charge in [-0.05, 0) is 41.5 Å². The number of hydrogen-bond acceptors (Lipinski definition) is 3. The summed E-state index contributed by atoms with van der Waals surface area (Å²) in [5.41, 5.74) is 1.93. The van der Waals surface area contributed by atoms with Crippen molar-refractivity contribution in [3.8, 4) is 11.1 Å². The topological polar surface area (TPSA) is 87.5 Å². The molecular formula is C17H11NO4. The van der Waals surface area contributed by atoms with Crippen LogP contribution in [0.3, 0.4) is 0 Å². The maximum absolute atomic E-state index is 11.2. The van der Waals surface area contributed by atoms with Crippen LogP contribution in [0.4, 0.5) is 0 Å². The second kappa shape index (κ2) is 5.29. The molecule has 0 aliphatic carbocycles. The average Bonchev–Trinajstić information content (AvgIpc) is 2.53. The van der Waals surface area contributed by atoms with E-state index in [0.717, 1.165) is 22.5 Å². The minimum Gasteiger partial charge on any atom is -0.478 e. The van der Waals surface area contributed by atoms with E-state index in [9.17, 15) is 19.8 Å². The fraction of sp³-hybridized carbons (Fsp3) is 0. The third kappa shape index (κ3) is 2.40. The zero-order valence-electron chi connectivity index (χ0n) is 11.4. The predicted octanol–water partition coefficient (Wildman–Crippen LogP) is 3.30. The van der Waals surface area contributed by atoms with Crippen molar-refractivity contribution in [3.63, 3.8) is 0 Å². The van der Waals surface area contributed by atoms with Gasteiger partial charge in [0.15, 0.2) is 0 Å². The Kier molecular flexibility index (Phi) is 3.31. The molecule has 0 radical (unpaired) electrons. The minimum absolute atomic E-state index is 0.0595. The lowest BCUT2D eigenvalue weighted by atomic mass is 9.97. The van der Waals surface area contributed by atoms with Crippen LogP contribution in [0, 0.1) is 0 Å². The molecule has 1 aromatic heterocycles. The molecule has 108 valence electrons. The summed E-state index contributed by atoms with van der Waals surface area (Å²) < 4.78 is 0. The summed E-state index contributed by atoms with van der Waals surface area (Å²) in [5.74, 6) is -2.33. The molecule has 0 spiro atoms. The highest BCUT2D eigenvalue weighted by Gasteiger charge is 2.13. The van der Waals surface area contributed by atoms with Gasteiger partial charge in [0.05, 0.1) is 16.6 Å². The van der Waals surface area contributed by atoms with Crippen LogP contribution in [0.2, 0.25) is 0 Å². The second-order valence-electron chi connectivity index (χ2n) is 4.79. The Labute approximate surface area is 125 Å². The van der Waals surface area contributed by atoms with Crippen molar-refractivity contribution in [1.82, 2.24) is 4.98 Å². The first kappa shape index (κ1) is 13.8. The van der Waals surface area contributed by atoms with Gasteiger partial charge in [-0.3, -0.25) is 4.98 Å². The van der Waals surface area contributed by atoms with E-state index in [0.29, 0.717) is 5.56 Å². The molecule has 22 heavy (non-hydrogen) atoms. The van der Waals surface area contributed by atoms with Gasteiger partial charge < -0.3 is 10.2 Å². The van der Waals surface area contributed by atoms with Crippen LogP contribution in [-0.4, -0.2) is 27.1 Å². The van der Waals surface area contributed by atoms with E-state index >= 15 is 0 Å². The molecule has 0 amide bonds. The van der Waals surface area contributed by atoms with Crippen LogP contribution < -0.4 is 0 Å². The highest BCUT2D eigenvalue weighted by atomic mass is 16.4.